The Hall–Kier alpha value is -4.08. The number of hydrogen-bond acceptors (Lipinski definition) is 4. The zero-order chi connectivity index (χ0) is 26.9. The molecule has 4 aromatic rings. The van der Waals surface area contributed by atoms with Crippen molar-refractivity contribution in [3.05, 3.63) is 95.2 Å². The molecule has 5 rings (SSSR count). The van der Waals surface area contributed by atoms with Gasteiger partial charge in [-0.1, -0.05) is 19.1 Å². The molecule has 0 bridgehead atoms. The molecule has 1 saturated heterocycles. The summed E-state index contributed by atoms with van der Waals surface area (Å²) in [6.45, 7) is 5.26. The van der Waals surface area contributed by atoms with Gasteiger partial charge in [-0.2, -0.15) is 13.2 Å². The normalized spacial score (nSPS) is 14.2. The van der Waals surface area contributed by atoms with Gasteiger partial charge in [-0.3, -0.25) is 9.20 Å². The summed E-state index contributed by atoms with van der Waals surface area (Å²) in [7, 11) is 0. The van der Waals surface area contributed by atoms with Crippen molar-refractivity contribution in [2.24, 2.45) is 0 Å². The number of fused-ring (bicyclic) bond motifs is 1. The van der Waals surface area contributed by atoms with Crippen LogP contribution in [0.2, 0.25) is 0 Å². The first-order valence-corrected chi connectivity index (χ1v) is 12.4. The highest BCUT2D eigenvalue weighted by atomic mass is 19.4. The van der Waals surface area contributed by atoms with E-state index < -0.39 is 17.6 Å². The summed E-state index contributed by atoms with van der Waals surface area (Å²) < 4.78 is 54.7. The molecule has 0 atom stereocenters. The van der Waals surface area contributed by atoms with Gasteiger partial charge in [0, 0.05) is 50.3 Å². The number of alkyl halides is 3. The number of aryl methyl sites for hydroxylation is 1. The van der Waals surface area contributed by atoms with Crippen molar-refractivity contribution in [2.75, 3.05) is 36.0 Å². The van der Waals surface area contributed by atoms with E-state index in [4.69, 9.17) is 0 Å². The van der Waals surface area contributed by atoms with Crippen molar-refractivity contribution in [1.82, 2.24) is 14.7 Å². The van der Waals surface area contributed by atoms with Gasteiger partial charge in [0.25, 0.3) is 5.91 Å². The maximum atomic E-state index is 13.4. The molecule has 1 N–H and O–H groups in total. The van der Waals surface area contributed by atoms with E-state index in [0.717, 1.165) is 49.2 Å². The van der Waals surface area contributed by atoms with E-state index in [1.807, 2.05) is 24.3 Å². The van der Waals surface area contributed by atoms with E-state index in [1.165, 1.54) is 28.8 Å². The van der Waals surface area contributed by atoms with Crippen molar-refractivity contribution in [3.8, 4) is 0 Å². The Morgan fingerprint density at radius 2 is 1.50 bits per heavy atom. The third-order valence-electron chi connectivity index (χ3n) is 6.80. The van der Waals surface area contributed by atoms with Crippen LogP contribution in [0.4, 0.5) is 28.9 Å². The molecule has 1 aliphatic heterocycles. The van der Waals surface area contributed by atoms with Crippen molar-refractivity contribution >= 4 is 22.9 Å². The molecule has 3 heterocycles. The van der Waals surface area contributed by atoms with Crippen LogP contribution in [0.25, 0.3) is 5.65 Å². The fourth-order valence-corrected chi connectivity index (χ4v) is 4.79. The highest BCUT2D eigenvalue weighted by Crippen LogP contribution is 2.33. The fourth-order valence-electron chi connectivity index (χ4n) is 4.79. The van der Waals surface area contributed by atoms with Crippen LogP contribution in [-0.2, 0) is 19.1 Å². The molecule has 10 heteroatoms. The van der Waals surface area contributed by atoms with E-state index in [0.29, 0.717) is 12.1 Å². The summed E-state index contributed by atoms with van der Waals surface area (Å²) >= 11 is 0. The van der Waals surface area contributed by atoms with E-state index in [9.17, 15) is 22.4 Å². The molecular formula is C28H27F4N5O. The largest absolute Gasteiger partial charge is 0.419 e. The van der Waals surface area contributed by atoms with Gasteiger partial charge < -0.3 is 15.1 Å². The lowest BCUT2D eigenvalue weighted by atomic mass is 10.1. The number of anilines is 2. The first-order chi connectivity index (χ1) is 18.2. The minimum atomic E-state index is -4.57. The molecule has 1 fully saturated rings. The molecule has 0 radical (unpaired) electrons. The van der Waals surface area contributed by atoms with E-state index in [1.54, 1.807) is 19.1 Å². The van der Waals surface area contributed by atoms with Gasteiger partial charge in [-0.05, 0) is 60.5 Å². The van der Waals surface area contributed by atoms with Crippen LogP contribution in [0.1, 0.15) is 34.2 Å². The second-order valence-corrected chi connectivity index (χ2v) is 9.17. The number of halogens is 4. The number of benzene rings is 2. The molecule has 2 aromatic heterocycles. The third kappa shape index (κ3) is 5.16. The van der Waals surface area contributed by atoms with Crippen LogP contribution in [0.5, 0.6) is 0 Å². The molecule has 0 saturated carbocycles. The average Bonchev–Trinajstić information content (AvgIpc) is 3.31. The number of imidazole rings is 1. The lowest BCUT2D eigenvalue weighted by Crippen LogP contribution is -2.46. The SMILES string of the molecule is CCc1nc2c(C(F)(F)F)cccn2c1C(=O)NCc1ccc(N2CCN(c3ccc(F)cc3)CC2)cc1. The number of rotatable bonds is 6. The number of amides is 1. The van der Waals surface area contributed by atoms with Crippen molar-refractivity contribution in [2.45, 2.75) is 26.1 Å². The lowest BCUT2D eigenvalue weighted by Gasteiger charge is -2.37. The van der Waals surface area contributed by atoms with E-state index in [2.05, 4.69) is 20.1 Å². The molecule has 6 nitrogen and oxygen atoms in total. The van der Waals surface area contributed by atoms with E-state index in [-0.39, 0.29) is 23.7 Å². The summed E-state index contributed by atoms with van der Waals surface area (Å²) in [4.78, 5) is 21.6. The second kappa shape index (κ2) is 10.4. The molecule has 1 amide bonds. The average molecular weight is 526 g/mol. The minimum Gasteiger partial charge on any atom is -0.368 e. The standard InChI is InChI=1S/C28H27F4N5O/c1-2-24-25(37-13-3-4-23(26(37)34-24)28(30,31)32)27(38)33-18-19-5-9-21(10-6-19)35-14-16-36(17-15-35)22-11-7-20(29)8-12-22/h3-13H,2,14-18H2,1H3,(H,33,38). The summed E-state index contributed by atoms with van der Waals surface area (Å²) in [5.74, 6) is -0.724. The molecule has 2 aromatic carbocycles. The van der Waals surface area contributed by atoms with Gasteiger partial charge in [0.2, 0.25) is 0 Å². The van der Waals surface area contributed by atoms with Gasteiger partial charge in [-0.25, -0.2) is 9.37 Å². The van der Waals surface area contributed by atoms with Gasteiger partial charge in [0.15, 0.2) is 0 Å². The quantitative estimate of drug-likeness (QED) is 0.347. The maximum absolute atomic E-state index is 13.4. The first-order valence-electron chi connectivity index (χ1n) is 12.4. The van der Waals surface area contributed by atoms with Crippen molar-refractivity contribution in [1.29, 1.82) is 0 Å². The molecule has 0 unspecified atom stereocenters. The van der Waals surface area contributed by atoms with Crippen LogP contribution < -0.4 is 15.1 Å². The monoisotopic (exact) mass is 525 g/mol. The Kier molecular flexibility index (Phi) is 6.96. The van der Waals surface area contributed by atoms with Gasteiger partial charge in [-0.15, -0.1) is 0 Å². The highest BCUT2D eigenvalue weighted by molar-refractivity contribution is 5.95. The number of pyridine rings is 1. The second-order valence-electron chi connectivity index (χ2n) is 9.17. The highest BCUT2D eigenvalue weighted by Gasteiger charge is 2.35. The predicted octanol–water partition coefficient (Wildman–Crippen LogP) is 5.31. The topological polar surface area (TPSA) is 52.9 Å². The first kappa shape index (κ1) is 25.6. The molecule has 38 heavy (non-hydrogen) atoms. The van der Waals surface area contributed by atoms with Gasteiger partial charge in [0.05, 0.1) is 11.3 Å². The Morgan fingerprint density at radius 3 is 2.05 bits per heavy atom. The molecule has 0 spiro atoms. The van der Waals surface area contributed by atoms with Crippen LogP contribution in [0.15, 0.2) is 66.9 Å². The van der Waals surface area contributed by atoms with Gasteiger partial charge >= 0.3 is 6.18 Å². The molecule has 198 valence electrons. The Morgan fingerprint density at radius 1 is 0.921 bits per heavy atom. The minimum absolute atomic E-state index is 0.115. The lowest BCUT2D eigenvalue weighted by molar-refractivity contribution is -0.136. The zero-order valence-corrected chi connectivity index (χ0v) is 20.8. The smallest absolute Gasteiger partial charge is 0.368 e. The van der Waals surface area contributed by atoms with Crippen LogP contribution in [0.3, 0.4) is 0 Å². The summed E-state index contributed by atoms with van der Waals surface area (Å²) in [6.07, 6.45) is -2.82. The number of nitrogens with one attached hydrogen (secondary N) is 1. The summed E-state index contributed by atoms with van der Waals surface area (Å²) in [5, 5.41) is 2.83. The summed E-state index contributed by atoms with van der Waals surface area (Å²) in [6, 6.07) is 16.6. The molecule has 1 aliphatic rings. The number of carbonyl (C=O) groups is 1. The Balaban J connectivity index is 1.22. The van der Waals surface area contributed by atoms with E-state index >= 15 is 0 Å². The Bertz CT molecular complexity index is 1420. The Labute approximate surface area is 217 Å². The molecular weight excluding hydrogens is 498 g/mol. The maximum Gasteiger partial charge on any atom is 0.419 e. The number of piperazine rings is 1. The molecule has 0 aliphatic carbocycles. The zero-order valence-electron chi connectivity index (χ0n) is 20.8. The van der Waals surface area contributed by atoms with Crippen LogP contribution in [0, 0.1) is 5.82 Å². The summed E-state index contributed by atoms with van der Waals surface area (Å²) in [5.41, 5.74) is 2.22. The third-order valence-corrected chi connectivity index (χ3v) is 6.80. The van der Waals surface area contributed by atoms with Crippen LogP contribution in [-0.4, -0.2) is 41.5 Å². The predicted molar refractivity (Wildman–Crippen MR) is 138 cm³/mol. The van der Waals surface area contributed by atoms with Crippen LogP contribution >= 0.6 is 0 Å². The number of nitrogens with zero attached hydrogens (tertiary/aromatic N) is 4. The van der Waals surface area contributed by atoms with Crippen molar-refractivity contribution in [3.63, 3.8) is 0 Å². The fraction of sp³-hybridized carbons (Fsp3) is 0.286. The number of aromatic nitrogens is 2. The van der Waals surface area contributed by atoms with Gasteiger partial charge in [0.1, 0.15) is 17.2 Å². The number of carbonyl (C=O) groups excluding carboxylic acids is 1. The van der Waals surface area contributed by atoms with Crippen molar-refractivity contribution < 1.29 is 22.4 Å². The number of hydrogen-bond donors (Lipinski definition) is 1.